The number of hydrogen-bond donors (Lipinski definition) is 1. The van der Waals surface area contributed by atoms with Crippen LogP contribution >= 0.6 is 11.8 Å². The van der Waals surface area contributed by atoms with Crippen LogP contribution in [0.4, 0.5) is 0 Å². The zero-order chi connectivity index (χ0) is 16.4. The fourth-order valence-electron chi connectivity index (χ4n) is 2.51. The van der Waals surface area contributed by atoms with Gasteiger partial charge in [-0.2, -0.15) is 4.98 Å². The first-order chi connectivity index (χ1) is 11.8. The number of aromatic nitrogens is 5. The molecule has 0 amide bonds. The molecule has 1 atom stereocenters. The lowest BCUT2D eigenvalue weighted by molar-refractivity contribution is 0.0941. The predicted octanol–water partition coefficient (Wildman–Crippen LogP) is 1.69. The summed E-state index contributed by atoms with van der Waals surface area (Å²) >= 11 is 1.35. The summed E-state index contributed by atoms with van der Waals surface area (Å²) in [6, 6.07) is 3.52. The van der Waals surface area contributed by atoms with Crippen molar-refractivity contribution in [2.75, 3.05) is 6.61 Å². The molecule has 1 aliphatic rings. The molecule has 1 fully saturated rings. The van der Waals surface area contributed by atoms with Gasteiger partial charge in [0.25, 0.3) is 0 Å². The van der Waals surface area contributed by atoms with Crippen molar-refractivity contribution in [1.29, 1.82) is 0 Å². The number of hydrogen-bond acceptors (Lipinski definition) is 8. The number of ether oxygens (including phenoxy) is 1. The Morgan fingerprint density at radius 2 is 2.42 bits per heavy atom. The molecule has 4 heterocycles. The number of aromatic amines is 1. The monoisotopic (exact) mass is 349 g/mol. The van der Waals surface area contributed by atoms with Gasteiger partial charge < -0.3 is 13.7 Å². The Kier molecular flexibility index (Phi) is 4.22. The van der Waals surface area contributed by atoms with Gasteiger partial charge in [0.05, 0.1) is 24.7 Å². The van der Waals surface area contributed by atoms with E-state index >= 15 is 0 Å². The third-order valence-electron chi connectivity index (χ3n) is 3.67. The lowest BCUT2D eigenvalue weighted by Crippen LogP contribution is -2.24. The number of nitrogens with zero attached hydrogens (tertiary/aromatic N) is 4. The van der Waals surface area contributed by atoms with Crippen LogP contribution in [-0.4, -0.2) is 37.6 Å². The van der Waals surface area contributed by atoms with Crippen LogP contribution in [0.2, 0.25) is 0 Å². The van der Waals surface area contributed by atoms with E-state index in [4.69, 9.17) is 13.7 Å². The van der Waals surface area contributed by atoms with Crippen molar-refractivity contribution in [3.05, 3.63) is 34.8 Å². The van der Waals surface area contributed by atoms with Crippen molar-refractivity contribution in [2.24, 2.45) is 0 Å². The first-order valence-electron chi connectivity index (χ1n) is 7.55. The normalized spacial score (nSPS) is 17.6. The summed E-state index contributed by atoms with van der Waals surface area (Å²) in [5.74, 6) is 1.79. The Labute approximate surface area is 140 Å². The lowest BCUT2D eigenvalue weighted by Gasteiger charge is -2.10. The summed E-state index contributed by atoms with van der Waals surface area (Å²) in [4.78, 5) is 16.2. The molecule has 3 aromatic heterocycles. The van der Waals surface area contributed by atoms with E-state index < -0.39 is 0 Å². The quantitative estimate of drug-likeness (QED) is 0.669. The molecule has 1 unspecified atom stereocenters. The highest BCUT2D eigenvalue weighted by molar-refractivity contribution is 7.98. The summed E-state index contributed by atoms with van der Waals surface area (Å²) in [5, 5.41) is 11.0. The van der Waals surface area contributed by atoms with E-state index in [1.807, 2.05) is 0 Å². The van der Waals surface area contributed by atoms with Gasteiger partial charge in [-0.05, 0) is 25.0 Å². The summed E-state index contributed by atoms with van der Waals surface area (Å²) in [5.41, 5.74) is -0.241. The van der Waals surface area contributed by atoms with E-state index in [9.17, 15) is 4.79 Å². The predicted molar refractivity (Wildman–Crippen MR) is 83.4 cm³/mol. The van der Waals surface area contributed by atoms with Crippen molar-refractivity contribution < 1.29 is 13.7 Å². The van der Waals surface area contributed by atoms with Crippen LogP contribution in [0, 0.1) is 0 Å². The second-order valence-corrected chi connectivity index (χ2v) is 6.28. The van der Waals surface area contributed by atoms with Gasteiger partial charge in [-0.15, -0.1) is 5.10 Å². The molecule has 0 radical (unpaired) electrons. The zero-order valence-electron chi connectivity index (χ0n) is 12.7. The molecule has 1 N–H and O–H groups in total. The van der Waals surface area contributed by atoms with Crippen LogP contribution in [0.3, 0.4) is 0 Å². The average Bonchev–Trinajstić information content (AvgIpc) is 3.36. The van der Waals surface area contributed by atoms with Crippen molar-refractivity contribution in [1.82, 2.24) is 24.9 Å². The minimum absolute atomic E-state index is 0.0635. The molecule has 0 bridgehead atoms. The fourth-order valence-corrected chi connectivity index (χ4v) is 3.31. The molecule has 0 aliphatic carbocycles. The van der Waals surface area contributed by atoms with E-state index in [1.54, 1.807) is 23.0 Å². The molecule has 4 rings (SSSR count). The topological polar surface area (TPSA) is 112 Å². The van der Waals surface area contributed by atoms with Crippen LogP contribution in [0.25, 0.3) is 11.6 Å². The highest BCUT2D eigenvalue weighted by Crippen LogP contribution is 2.23. The molecule has 0 spiro atoms. The van der Waals surface area contributed by atoms with Gasteiger partial charge in [0.1, 0.15) is 0 Å². The number of rotatable bonds is 6. The van der Waals surface area contributed by atoms with Crippen LogP contribution in [-0.2, 0) is 17.0 Å². The summed E-state index contributed by atoms with van der Waals surface area (Å²) in [6.45, 7) is 1.25. The maximum Gasteiger partial charge on any atom is 0.344 e. The standard InChI is InChI=1S/C14H15N5O4S/c20-13-16-17-14(19(13)7-9-3-1-5-21-9)24-8-11-15-12(18-23-11)10-4-2-6-22-10/h2,4,6,9H,1,3,5,7-8H2,(H,16,20). The maximum atomic E-state index is 11.9. The molecule has 9 nitrogen and oxygen atoms in total. The Morgan fingerprint density at radius 3 is 3.21 bits per heavy atom. The number of furan rings is 1. The molecule has 0 aromatic carbocycles. The minimum atomic E-state index is -0.241. The smallest absolute Gasteiger partial charge is 0.344 e. The van der Waals surface area contributed by atoms with E-state index in [2.05, 4.69) is 20.3 Å². The minimum Gasteiger partial charge on any atom is -0.461 e. The third-order valence-corrected chi connectivity index (χ3v) is 4.63. The Morgan fingerprint density at radius 1 is 1.46 bits per heavy atom. The molecular weight excluding hydrogens is 334 g/mol. The lowest BCUT2D eigenvalue weighted by atomic mass is 10.2. The van der Waals surface area contributed by atoms with Gasteiger partial charge >= 0.3 is 5.69 Å². The molecule has 126 valence electrons. The first-order valence-corrected chi connectivity index (χ1v) is 8.54. The summed E-state index contributed by atoms with van der Waals surface area (Å²) < 4.78 is 17.6. The van der Waals surface area contributed by atoms with Gasteiger partial charge in [0, 0.05) is 6.61 Å². The zero-order valence-corrected chi connectivity index (χ0v) is 13.5. The number of nitrogens with one attached hydrogen (secondary N) is 1. The number of H-pyrrole nitrogens is 1. The SMILES string of the molecule is O=c1[nH]nc(SCc2nc(-c3ccco3)no2)n1CC1CCCO1. The largest absolute Gasteiger partial charge is 0.461 e. The highest BCUT2D eigenvalue weighted by atomic mass is 32.2. The van der Waals surface area contributed by atoms with Gasteiger partial charge in [-0.25, -0.2) is 9.89 Å². The first kappa shape index (κ1) is 15.2. The van der Waals surface area contributed by atoms with Crippen molar-refractivity contribution in [2.45, 2.75) is 36.4 Å². The summed E-state index contributed by atoms with van der Waals surface area (Å²) in [7, 11) is 0. The van der Waals surface area contributed by atoms with Crippen LogP contribution in [0.5, 0.6) is 0 Å². The second-order valence-electron chi connectivity index (χ2n) is 5.33. The number of thioether (sulfide) groups is 1. The van der Waals surface area contributed by atoms with Crippen molar-refractivity contribution in [3.8, 4) is 11.6 Å². The van der Waals surface area contributed by atoms with Crippen molar-refractivity contribution in [3.63, 3.8) is 0 Å². The Balaban J connectivity index is 1.43. The van der Waals surface area contributed by atoms with Gasteiger partial charge in [0.15, 0.2) is 10.9 Å². The Bertz CT molecular complexity index is 847. The average molecular weight is 349 g/mol. The van der Waals surface area contributed by atoms with Crippen LogP contribution in [0.15, 0.2) is 37.3 Å². The molecule has 1 saturated heterocycles. The molecule has 0 saturated carbocycles. The molecule has 10 heteroatoms. The van der Waals surface area contributed by atoms with Gasteiger partial charge in [-0.1, -0.05) is 16.9 Å². The molecule has 3 aromatic rings. The van der Waals surface area contributed by atoms with E-state index in [1.165, 1.54) is 11.8 Å². The van der Waals surface area contributed by atoms with E-state index in [0.717, 1.165) is 19.4 Å². The third kappa shape index (κ3) is 3.15. The van der Waals surface area contributed by atoms with Gasteiger partial charge in [0.2, 0.25) is 11.7 Å². The maximum absolute atomic E-state index is 11.9. The molecule has 1 aliphatic heterocycles. The van der Waals surface area contributed by atoms with Gasteiger partial charge in [-0.3, -0.25) is 4.57 Å². The highest BCUT2D eigenvalue weighted by Gasteiger charge is 2.20. The van der Waals surface area contributed by atoms with E-state index in [0.29, 0.717) is 34.9 Å². The molecular formula is C14H15N5O4S. The van der Waals surface area contributed by atoms with E-state index in [-0.39, 0.29) is 11.8 Å². The second kappa shape index (κ2) is 6.65. The summed E-state index contributed by atoms with van der Waals surface area (Å²) in [6.07, 6.45) is 3.59. The van der Waals surface area contributed by atoms with Crippen molar-refractivity contribution >= 4 is 11.8 Å². The molecule has 24 heavy (non-hydrogen) atoms. The Hall–Kier alpha value is -2.33. The van der Waals surface area contributed by atoms with Crippen LogP contribution < -0.4 is 5.69 Å². The fraction of sp³-hybridized carbons (Fsp3) is 0.429. The van der Waals surface area contributed by atoms with Crippen LogP contribution in [0.1, 0.15) is 18.7 Å².